The average Bonchev–Trinajstić information content (AvgIpc) is 2.46. The lowest BCUT2D eigenvalue weighted by Gasteiger charge is -2.09. The summed E-state index contributed by atoms with van der Waals surface area (Å²) < 4.78 is 6.47. The number of carbonyl (C=O) groups is 1. The molecule has 0 aliphatic rings. The molecule has 0 radical (unpaired) electrons. The first-order valence-electron chi connectivity index (χ1n) is 6.41. The highest BCUT2D eigenvalue weighted by atomic mass is 127. The SMILES string of the molecule is Cc1ccc(SCCOc2ccc(I)cc2C(=O)O)cc1. The number of thioether (sulfide) groups is 1. The Labute approximate surface area is 141 Å². The largest absolute Gasteiger partial charge is 0.492 e. The maximum atomic E-state index is 11.2. The first-order chi connectivity index (χ1) is 10.1. The van der Waals surface area contributed by atoms with Crippen molar-refractivity contribution in [2.75, 3.05) is 12.4 Å². The minimum absolute atomic E-state index is 0.210. The van der Waals surface area contributed by atoms with Crippen molar-refractivity contribution in [1.29, 1.82) is 0 Å². The third-order valence-corrected chi connectivity index (χ3v) is 4.45. The lowest BCUT2D eigenvalue weighted by Crippen LogP contribution is -2.06. The summed E-state index contributed by atoms with van der Waals surface area (Å²) in [7, 11) is 0. The van der Waals surface area contributed by atoms with Gasteiger partial charge in [0, 0.05) is 14.2 Å². The van der Waals surface area contributed by atoms with E-state index in [0.717, 1.165) is 9.32 Å². The fourth-order valence-electron chi connectivity index (χ4n) is 1.74. The topological polar surface area (TPSA) is 46.5 Å². The lowest BCUT2D eigenvalue weighted by molar-refractivity contribution is 0.0692. The molecular weight excluding hydrogens is 399 g/mol. The number of aryl methyl sites for hydroxylation is 1. The molecule has 5 heteroatoms. The van der Waals surface area contributed by atoms with Gasteiger partial charge in [-0.25, -0.2) is 4.79 Å². The molecule has 2 aromatic carbocycles. The van der Waals surface area contributed by atoms with E-state index in [-0.39, 0.29) is 5.56 Å². The molecule has 0 saturated heterocycles. The molecule has 0 saturated carbocycles. The number of ether oxygens (including phenoxy) is 1. The van der Waals surface area contributed by atoms with E-state index < -0.39 is 5.97 Å². The molecule has 2 rings (SSSR count). The van der Waals surface area contributed by atoms with Crippen LogP contribution in [0.15, 0.2) is 47.4 Å². The molecule has 0 heterocycles. The zero-order chi connectivity index (χ0) is 15.2. The van der Waals surface area contributed by atoms with Crippen LogP contribution in [0.2, 0.25) is 0 Å². The second-order valence-corrected chi connectivity index (χ2v) is 6.87. The van der Waals surface area contributed by atoms with Crippen LogP contribution in [-0.4, -0.2) is 23.4 Å². The quantitative estimate of drug-likeness (QED) is 0.431. The van der Waals surface area contributed by atoms with Gasteiger partial charge >= 0.3 is 5.97 Å². The van der Waals surface area contributed by atoms with Crippen LogP contribution in [0.4, 0.5) is 0 Å². The molecule has 21 heavy (non-hydrogen) atoms. The Morgan fingerprint density at radius 2 is 1.95 bits per heavy atom. The molecule has 0 aliphatic carbocycles. The maximum Gasteiger partial charge on any atom is 0.339 e. The fraction of sp³-hybridized carbons (Fsp3) is 0.188. The number of halogens is 1. The van der Waals surface area contributed by atoms with E-state index in [9.17, 15) is 4.79 Å². The first-order valence-corrected chi connectivity index (χ1v) is 8.48. The summed E-state index contributed by atoms with van der Waals surface area (Å²) in [6, 6.07) is 13.5. The van der Waals surface area contributed by atoms with E-state index in [1.165, 1.54) is 10.5 Å². The number of hydrogen-bond acceptors (Lipinski definition) is 3. The van der Waals surface area contributed by atoms with Crippen LogP contribution in [0, 0.1) is 10.5 Å². The number of carboxylic acids is 1. The number of rotatable bonds is 6. The predicted molar refractivity (Wildman–Crippen MR) is 93.5 cm³/mol. The smallest absolute Gasteiger partial charge is 0.339 e. The normalized spacial score (nSPS) is 10.4. The molecule has 110 valence electrons. The van der Waals surface area contributed by atoms with Crippen LogP contribution in [0.5, 0.6) is 5.75 Å². The predicted octanol–water partition coefficient (Wildman–Crippen LogP) is 4.47. The van der Waals surface area contributed by atoms with Crippen molar-refractivity contribution in [1.82, 2.24) is 0 Å². The van der Waals surface area contributed by atoms with Gasteiger partial charge in [-0.1, -0.05) is 17.7 Å². The summed E-state index contributed by atoms with van der Waals surface area (Å²) >= 11 is 3.78. The standard InChI is InChI=1S/C16H15IO3S/c1-11-2-5-13(6-3-11)21-9-8-20-15-7-4-12(17)10-14(15)16(18)19/h2-7,10H,8-9H2,1H3,(H,18,19). The van der Waals surface area contributed by atoms with Crippen LogP contribution in [0.25, 0.3) is 0 Å². The number of hydrogen-bond donors (Lipinski definition) is 1. The zero-order valence-electron chi connectivity index (χ0n) is 11.5. The van der Waals surface area contributed by atoms with Gasteiger partial charge in [0.15, 0.2) is 0 Å². The third kappa shape index (κ3) is 4.93. The minimum atomic E-state index is -0.963. The number of carboxylic acid groups (broad SMARTS) is 1. The van der Waals surface area contributed by atoms with Gasteiger partial charge < -0.3 is 9.84 Å². The van der Waals surface area contributed by atoms with Gasteiger partial charge in [0.2, 0.25) is 0 Å². The maximum absolute atomic E-state index is 11.2. The van der Waals surface area contributed by atoms with Crippen LogP contribution in [0.3, 0.4) is 0 Å². The summed E-state index contributed by atoms with van der Waals surface area (Å²) in [6.07, 6.45) is 0. The van der Waals surface area contributed by atoms with Gasteiger partial charge in [0.25, 0.3) is 0 Å². The number of aromatic carboxylic acids is 1. The highest BCUT2D eigenvalue weighted by molar-refractivity contribution is 14.1. The highest BCUT2D eigenvalue weighted by Gasteiger charge is 2.11. The fourth-order valence-corrected chi connectivity index (χ4v) is 2.96. The summed E-state index contributed by atoms with van der Waals surface area (Å²) in [5.41, 5.74) is 1.45. The molecule has 2 aromatic rings. The van der Waals surface area contributed by atoms with Gasteiger partial charge in [0.1, 0.15) is 11.3 Å². The Morgan fingerprint density at radius 1 is 1.24 bits per heavy atom. The van der Waals surface area contributed by atoms with Crippen LogP contribution in [-0.2, 0) is 0 Å². The second kappa shape index (κ2) is 7.70. The molecule has 0 atom stereocenters. The molecule has 0 unspecified atom stereocenters. The van der Waals surface area contributed by atoms with E-state index in [2.05, 4.69) is 53.8 Å². The van der Waals surface area contributed by atoms with Crippen molar-refractivity contribution < 1.29 is 14.6 Å². The van der Waals surface area contributed by atoms with Crippen molar-refractivity contribution >= 4 is 40.3 Å². The van der Waals surface area contributed by atoms with Crippen molar-refractivity contribution in [3.63, 3.8) is 0 Å². The van der Waals surface area contributed by atoms with E-state index >= 15 is 0 Å². The summed E-state index contributed by atoms with van der Waals surface area (Å²) in [6.45, 7) is 2.53. The molecular formula is C16H15IO3S. The van der Waals surface area contributed by atoms with E-state index in [4.69, 9.17) is 9.84 Å². The molecule has 0 amide bonds. The van der Waals surface area contributed by atoms with E-state index in [0.29, 0.717) is 12.4 Å². The van der Waals surface area contributed by atoms with Crippen LogP contribution in [0.1, 0.15) is 15.9 Å². The van der Waals surface area contributed by atoms with Crippen molar-refractivity contribution in [2.24, 2.45) is 0 Å². The van der Waals surface area contributed by atoms with Crippen molar-refractivity contribution in [3.8, 4) is 5.75 Å². The van der Waals surface area contributed by atoms with Crippen LogP contribution < -0.4 is 4.74 Å². The van der Waals surface area contributed by atoms with Gasteiger partial charge in [-0.3, -0.25) is 0 Å². The Kier molecular flexibility index (Phi) is 5.93. The Morgan fingerprint density at radius 3 is 2.62 bits per heavy atom. The molecule has 0 spiro atoms. The molecule has 1 N–H and O–H groups in total. The van der Waals surface area contributed by atoms with E-state index in [1.807, 2.05) is 6.07 Å². The summed E-state index contributed by atoms with van der Waals surface area (Å²) in [4.78, 5) is 12.4. The summed E-state index contributed by atoms with van der Waals surface area (Å²) in [5.74, 6) is 0.232. The average molecular weight is 414 g/mol. The molecule has 3 nitrogen and oxygen atoms in total. The van der Waals surface area contributed by atoms with Crippen molar-refractivity contribution in [2.45, 2.75) is 11.8 Å². The third-order valence-electron chi connectivity index (χ3n) is 2.80. The molecule has 0 aromatic heterocycles. The Balaban J connectivity index is 1.89. The lowest BCUT2D eigenvalue weighted by atomic mass is 10.2. The van der Waals surface area contributed by atoms with Gasteiger partial charge in [-0.15, -0.1) is 11.8 Å². The van der Waals surface area contributed by atoms with Crippen LogP contribution >= 0.6 is 34.4 Å². The van der Waals surface area contributed by atoms with Gasteiger partial charge in [-0.2, -0.15) is 0 Å². The molecule has 0 fully saturated rings. The van der Waals surface area contributed by atoms with Crippen molar-refractivity contribution in [3.05, 3.63) is 57.2 Å². The molecule has 0 bridgehead atoms. The Hall–Kier alpha value is -1.21. The van der Waals surface area contributed by atoms with Gasteiger partial charge in [-0.05, 0) is 59.8 Å². The number of benzene rings is 2. The van der Waals surface area contributed by atoms with E-state index in [1.54, 1.807) is 23.9 Å². The second-order valence-electron chi connectivity index (χ2n) is 4.46. The zero-order valence-corrected chi connectivity index (χ0v) is 14.5. The minimum Gasteiger partial charge on any atom is -0.492 e. The van der Waals surface area contributed by atoms with Gasteiger partial charge in [0.05, 0.1) is 6.61 Å². The highest BCUT2D eigenvalue weighted by Crippen LogP contribution is 2.23. The Bertz CT molecular complexity index is 626. The monoisotopic (exact) mass is 414 g/mol. The molecule has 0 aliphatic heterocycles. The summed E-state index contributed by atoms with van der Waals surface area (Å²) in [5, 5.41) is 9.16. The first kappa shape index (κ1) is 16.2.